The van der Waals surface area contributed by atoms with Crippen LogP contribution in [0.25, 0.3) is 0 Å². The Morgan fingerprint density at radius 1 is 1.42 bits per heavy atom. The summed E-state index contributed by atoms with van der Waals surface area (Å²) in [7, 11) is 0. The summed E-state index contributed by atoms with van der Waals surface area (Å²) in [6.45, 7) is 4.54. The summed E-state index contributed by atoms with van der Waals surface area (Å²) in [5.74, 6) is 0.799. The van der Waals surface area contributed by atoms with Crippen LogP contribution in [0.5, 0.6) is 0 Å². The minimum Gasteiger partial charge on any atom is -1.00 e. The van der Waals surface area contributed by atoms with Crippen molar-refractivity contribution in [2.24, 2.45) is 5.92 Å². The van der Waals surface area contributed by atoms with Gasteiger partial charge in [-0.15, -0.1) is 0 Å². The Hall–Kier alpha value is 1.65. The molecule has 0 spiro atoms. The first-order valence-electron chi connectivity index (χ1n) is 3.80. The van der Waals surface area contributed by atoms with E-state index in [1.165, 1.54) is 12.8 Å². The maximum Gasteiger partial charge on any atom is -1.00 e. The van der Waals surface area contributed by atoms with Gasteiger partial charge in [-0.25, -0.2) is 0 Å². The zero-order valence-corrected chi connectivity index (χ0v) is 13.3. The molecule has 0 N–H and O–H groups in total. The molecule has 3 heteroatoms. The molecule has 0 radical (unpaired) electrons. The van der Waals surface area contributed by atoms with E-state index in [1.807, 2.05) is 0 Å². The van der Waals surface area contributed by atoms with Gasteiger partial charge in [-0.3, -0.25) is 0 Å². The molecule has 0 aliphatic heterocycles. The van der Waals surface area contributed by atoms with E-state index in [-0.39, 0.29) is 48.0 Å². The van der Waals surface area contributed by atoms with E-state index in [4.69, 9.17) is 0 Å². The van der Waals surface area contributed by atoms with Crippen LogP contribution in [-0.4, -0.2) is 0 Å². The molecule has 1 aliphatic carbocycles. The minimum absolute atomic E-state index is 0. The summed E-state index contributed by atoms with van der Waals surface area (Å²) in [5, 5.41) is 0. The molecule has 1 rings (SSSR count). The van der Waals surface area contributed by atoms with Crippen molar-refractivity contribution in [1.82, 2.24) is 0 Å². The summed E-state index contributed by atoms with van der Waals surface area (Å²) < 4.78 is 1.56. The molecule has 0 atom stereocenters. The van der Waals surface area contributed by atoms with E-state index >= 15 is 0 Å². The topological polar surface area (TPSA) is 0 Å². The molecule has 0 nitrogen and oxygen atoms in total. The number of hydrogen-bond acceptors (Lipinski definition) is 0. The third-order valence-electron chi connectivity index (χ3n) is 1.66. The summed E-state index contributed by atoms with van der Waals surface area (Å²) in [6, 6.07) is 0. The SMILES string of the molecule is CC(C)CC1=[C]([Ti+2])CC=C1.[I-].[I-]. The first-order valence-corrected chi connectivity index (χ1v) is 4.58. The van der Waals surface area contributed by atoms with Crippen LogP contribution in [0.3, 0.4) is 0 Å². The van der Waals surface area contributed by atoms with Crippen molar-refractivity contribution < 1.29 is 68.4 Å². The van der Waals surface area contributed by atoms with Crippen molar-refractivity contribution in [3.05, 3.63) is 21.6 Å². The molecule has 0 aromatic rings. The predicted octanol–water partition coefficient (Wildman–Crippen LogP) is -3.20. The molecule has 67 valence electrons. The molecular weight excluding hydrogens is 410 g/mol. The molecule has 0 aromatic carbocycles. The predicted molar refractivity (Wildman–Crippen MR) is 40.2 cm³/mol. The van der Waals surface area contributed by atoms with E-state index < -0.39 is 0 Å². The van der Waals surface area contributed by atoms with Gasteiger partial charge in [0.15, 0.2) is 0 Å². The Labute approximate surface area is 121 Å². The smallest absolute Gasteiger partial charge is 1.00 e. The van der Waals surface area contributed by atoms with Gasteiger partial charge in [-0.1, -0.05) is 0 Å². The van der Waals surface area contributed by atoms with Gasteiger partial charge in [0, 0.05) is 0 Å². The van der Waals surface area contributed by atoms with Crippen LogP contribution in [0.15, 0.2) is 21.6 Å². The molecular formula is C9H13I2Ti. The second-order valence-corrected chi connectivity index (χ2v) is 4.15. The Balaban J connectivity index is 0. The largest absolute Gasteiger partial charge is 1.00 e. The van der Waals surface area contributed by atoms with E-state index in [9.17, 15) is 0 Å². The standard InChI is InChI=1S/C9H13.2HI.Ti/c1-8(2)7-9-5-3-4-6-9;;;/h3,5,8H,4,7H2,1-2H3;2*1H;/q;;;+2/p-2. The first-order chi connectivity index (χ1) is 4.70. The van der Waals surface area contributed by atoms with Gasteiger partial charge >= 0.3 is 74.6 Å². The fourth-order valence-electron chi connectivity index (χ4n) is 1.18. The maximum absolute atomic E-state index is 2.27. The quantitative estimate of drug-likeness (QED) is 0.325. The fraction of sp³-hybridized carbons (Fsp3) is 0.556. The number of rotatable bonds is 2. The van der Waals surface area contributed by atoms with Crippen molar-refractivity contribution in [2.75, 3.05) is 0 Å². The van der Waals surface area contributed by atoms with E-state index in [1.54, 1.807) is 9.45 Å². The van der Waals surface area contributed by atoms with E-state index in [0.29, 0.717) is 0 Å². The van der Waals surface area contributed by atoms with Gasteiger partial charge in [-0.2, -0.15) is 0 Å². The van der Waals surface area contributed by atoms with E-state index in [2.05, 4.69) is 46.4 Å². The molecule has 0 amide bonds. The fourth-order valence-corrected chi connectivity index (χ4v) is 1.66. The van der Waals surface area contributed by atoms with Crippen LogP contribution in [0.2, 0.25) is 0 Å². The van der Waals surface area contributed by atoms with Crippen molar-refractivity contribution in [3.63, 3.8) is 0 Å². The summed E-state index contributed by atoms with van der Waals surface area (Å²) in [5.41, 5.74) is 1.56. The number of hydrogen-bond donors (Lipinski definition) is 0. The van der Waals surface area contributed by atoms with Crippen LogP contribution >= 0.6 is 0 Å². The number of halogens is 2. The average Bonchev–Trinajstić information content (AvgIpc) is 2.15. The molecule has 0 aromatic heterocycles. The second kappa shape index (κ2) is 8.00. The van der Waals surface area contributed by atoms with Crippen molar-refractivity contribution in [1.29, 1.82) is 0 Å². The molecule has 1 aliphatic rings. The summed E-state index contributed by atoms with van der Waals surface area (Å²) in [4.78, 5) is 0. The maximum atomic E-state index is 2.27. The molecule has 12 heavy (non-hydrogen) atoms. The third kappa shape index (κ3) is 5.40. The van der Waals surface area contributed by atoms with Crippen LogP contribution in [0, 0.1) is 5.92 Å². The average molecular weight is 423 g/mol. The van der Waals surface area contributed by atoms with Crippen LogP contribution in [0.1, 0.15) is 26.7 Å². The third-order valence-corrected chi connectivity index (χ3v) is 2.48. The molecule has 0 unspecified atom stereocenters. The van der Waals surface area contributed by atoms with Gasteiger partial charge in [-0.05, 0) is 0 Å². The van der Waals surface area contributed by atoms with Crippen LogP contribution < -0.4 is 48.0 Å². The first kappa shape index (κ1) is 16.1. The Kier molecular flexibility index (Phi) is 10.7. The Morgan fingerprint density at radius 3 is 2.33 bits per heavy atom. The van der Waals surface area contributed by atoms with Crippen molar-refractivity contribution in [3.8, 4) is 0 Å². The second-order valence-electron chi connectivity index (χ2n) is 3.21. The molecule has 0 saturated carbocycles. The Morgan fingerprint density at radius 2 is 2.00 bits per heavy atom. The van der Waals surface area contributed by atoms with Gasteiger partial charge in [0.05, 0.1) is 0 Å². The van der Waals surface area contributed by atoms with Gasteiger partial charge in [0.1, 0.15) is 0 Å². The monoisotopic (exact) mass is 423 g/mol. The Bertz CT molecular complexity index is 183. The number of allylic oxidation sites excluding steroid dienone is 4. The van der Waals surface area contributed by atoms with E-state index in [0.717, 1.165) is 5.92 Å². The van der Waals surface area contributed by atoms with Gasteiger partial charge in [0.25, 0.3) is 0 Å². The molecule has 0 fully saturated rings. The van der Waals surface area contributed by atoms with Crippen molar-refractivity contribution in [2.45, 2.75) is 26.7 Å². The minimum atomic E-state index is 0. The van der Waals surface area contributed by atoms with Gasteiger partial charge < -0.3 is 48.0 Å². The van der Waals surface area contributed by atoms with Crippen LogP contribution in [0.4, 0.5) is 0 Å². The normalized spacial score (nSPS) is 14.8. The summed E-state index contributed by atoms with van der Waals surface area (Å²) >= 11 is 2.23. The molecule has 0 saturated heterocycles. The van der Waals surface area contributed by atoms with Crippen molar-refractivity contribution >= 4 is 0 Å². The molecule has 0 bridgehead atoms. The zero-order chi connectivity index (χ0) is 7.56. The molecule has 0 heterocycles. The zero-order valence-electron chi connectivity index (χ0n) is 7.40. The summed E-state index contributed by atoms with van der Waals surface area (Å²) in [6.07, 6.45) is 6.97. The van der Waals surface area contributed by atoms with Gasteiger partial charge in [0.2, 0.25) is 0 Å². The van der Waals surface area contributed by atoms with Crippen LogP contribution in [-0.2, 0) is 20.4 Å².